The monoisotopic (exact) mass is 265 g/mol. The number of benzene rings is 1. The molecule has 5 heteroatoms. The van der Waals surface area contributed by atoms with E-state index >= 15 is 0 Å². The molecule has 0 radical (unpaired) electrons. The van der Waals surface area contributed by atoms with Gasteiger partial charge in [0.1, 0.15) is 5.75 Å². The lowest BCUT2D eigenvalue weighted by Crippen LogP contribution is -2.38. The SMILES string of the molecule is CC(C)[C@@H](C)NC(=O)COC(=O)c1cccc(O)c1. The summed E-state index contributed by atoms with van der Waals surface area (Å²) in [5, 5.41) is 12.0. The van der Waals surface area contributed by atoms with Crippen molar-refractivity contribution in [1.29, 1.82) is 0 Å². The maximum absolute atomic E-state index is 11.6. The van der Waals surface area contributed by atoms with E-state index in [1.165, 1.54) is 24.3 Å². The summed E-state index contributed by atoms with van der Waals surface area (Å²) in [6.45, 7) is 5.54. The highest BCUT2D eigenvalue weighted by molar-refractivity contribution is 5.91. The molecule has 0 saturated carbocycles. The number of carbonyl (C=O) groups excluding carboxylic acids is 2. The highest BCUT2D eigenvalue weighted by Crippen LogP contribution is 2.11. The summed E-state index contributed by atoms with van der Waals surface area (Å²) in [5.74, 6) is -0.684. The topological polar surface area (TPSA) is 75.6 Å². The van der Waals surface area contributed by atoms with E-state index in [4.69, 9.17) is 4.74 Å². The van der Waals surface area contributed by atoms with Crippen molar-refractivity contribution in [2.75, 3.05) is 6.61 Å². The van der Waals surface area contributed by atoms with E-state index in [9.17, 15) is 14.7 Å². The molecule has 0 saturated heterocycles. The number of rotatable bonds is 5. The predicted molar refractivity (Wildman–Crippen MR) is 70.8 cm³/mol. The third-order valence-electron chi connectivity index (χ3n) is 2.80. The molecule has 0 fully saturated rings. The number of amides is 1. The van der Waals surface area contributed by atoms with E-state index in [0.717, 1.165) is 0 Å². The van der Waals surface area contributed by atoms with Crippen LogP contribution in [-0.4, -0.2) is 29.6 Å². The summed E-state index contributed by atoms with van der Waals surface area (Å²) in [5.41, 5.74) is 0.213. The lowest BCUT2D eigenvalue weighted by Gasteiger charge is -2.17. The van der Waals surface area contributed by atoms with Crippen LogP contribution >= 0.6 is 0 Å². The minimum absolute atomic E-state index is 0.0203. The van der Waals surface area contributed by atoms with Crippen LogP contribution in [0.5, 0.6) is 5.75 Å². The van der Waals surface area contributed by atoms with Gasteiger partial charge in [-0.25, -0.2) is 4.79 Å². The van der Waals surface area contributed by atoms with E-state index in [2.05, 4.69) is 5.32 Å². The van der Waals surface area contributed by atoms with Crippen LogP contribution in [0, 0.1) is 5.92 Å². The Morgan fingerprint density at radius 1 is 1.32 bits per heavy atom. The molecule has 0 aliphatic heterocycles. The number of phenols is 1. The summed E-state index contributed by atoms with van der Waals surface area (Å²) >= 11 is 0. The van der Waals surface area contributed by atoms with Gasteiger partial charge in [0, 0.05) is 6.04 Å². The first-order valence-corrected chi connectivity index (χ1v) is 6.15. The summed E-state index contributed by atoms with van der Waals surface area (Å²) in [4.78, 5) is 23.1. The minimum Gasteiger partial charge on any atom is -0.508 e. The fourth-order valence-electron chi connectivity index (χ4n) is 1.31. The smallest absolute Gasteiger partial charge is 0.338 e. The highest BCUT2D eigenvalue weighted by atomic mass is 16.5. The molecule has 1 aromatic rings. The first-order chi connectivity index (χ1) is 8.90. The Bertz CT molecular complexity index is 457. The number of nitrogens with one attached hydrogen (secondary N) is 1. The van der Waals surface area contributed by atoms with Crippen LogP contribution in [0.3, 0.4) is 0 Å². The van der Waals surface area contributed by atoms with Crippen molar-refractivity contribution in [3.63, 3.8) is 0 Å². The zero-order valence-electron chi connectivity index (χ0n) is 11.3. The lowest BCUT2D eigenvalue weighted by molar-refractivity contribution is -0.125. The number of carbonyl (C=O) groups is 2. The molecular weight excluding hydrogens is 246 g/mol. The second-order valence-corrected chi connectivity index (χ2v) is 4.73. The molecule has 2 N–H and O–H groups in total. The molecule has 104 valence electrons. The van der Waals surface area contributed by atoms with Gasteiger partial charge in [-0.1, -0.05) is 19.9 Å². The molecule has 0 heterocycles. The molecule has 0 aromatic heterocycles. The molecule has 1 rings (SSSR count). The van der Waals surface area contributed by atoms with Crippen molar-refractivity contribution in [2.45, 2.75) is 26.8 Å². The Morgan fingerprint density at radius 2 is 2.00 bits per heavy atom. The number of hydrogen-bond donors (Lipinski definition) is 2. The molecule has 0 aliphatic rings. The largest absolute Gasteiger partial charge is 0.508 e. The zero-order valence-corrected chi connectivity index (χ0v) is 11.3. The van der Waals surface area contributed by atoms with Crippen molar-refractivity contribution in [3.8, 4) is 5.75 Å². The van der Waals surface area contributed by atoms with Gasteiger partial charge in [0.05, 0.1) is 5.56 Å². The maximum Gasteiger partial charge on any atom is 0.338 e. The second-order valence-electron chi connectivity index (χ2n) is 4.73. The van der Waals surface area contributed by atoms with Crippen LogP contribution in [-0.2, 0) is 9.53 Å². The molecule has 0 spiro atoms. The molecule has 1 amide bonds. The van der Waals surface area contributed by atoms with Gasteiger partial charge in [-0.15, -0.1) is 0 Å². The van der Waals surface area contributed by atoms with Crippen molar-refractivity contribution in [1.82, 2.24) is 5.32 Å². The van der Waals surface area contributed by atoms with Gasteiger partial charge in [0.15, 0.2) is 6.61 Å². The number of aromatic hydroxyl groups is 1. The van der Waals surface area contributed by atoms with Crippen molar-refractivity contribution >= 4 is 11.9 Å². The van der Waals surface area contributed by atoms with Crippen LogP contribution in [0.2, 0.25) is 0 Å². The van der Waals surface area contributed by atoms with E-state index in [-0.39, 0.29) is 29.9 Å². The van der Waals surface area contributed by atoms with Gasteiger partial charge in [0.2, 0.25) is 0 Å². The molecule has 1 aromatic carbocycles. The fraction of sp³-hybridized carbons (Fsp3) is 0.429. The molecule has 19 heavy (non-hydrogen) atoms. The third-order valence-corrected chi connectivity index (χ3v) is 2.80. The molecular formula is C14H19NO4. The number of phenolic OH excluding ortho intramolecular Hbond substituents is 1. The van der Waals surface area contributed by atoms with Crippen LogP contribution < -0.4 is 5.32 Å². The number of esters is 1. The Balaban J connectivity index is 2.44. The van der Waals surface area contributed by atoms with E-state index in [1.807, 2.05) is 20.8 Å². The average Bonchev–Trinajstić information content (AvgIpc) is 2.35. The van der Waals surface area contributed by atoms with Gasteiger partial charge in [0.25, 0.3) is 5.91 Å². The third kappa shape index (κ3) is 4.99. The summed E-state index contributed by atoms with van der Waals surface area (Å²) in [7, 11) is 0. The van der Waals surface area contributed by atoms with E-state index < -0.39 is 5.97 Å². The average molecular weight is 265 g/mol. The van der Waals surface area contributed by atoms with Gasteiger partial charge in [-0.05, 0) is 31.0 Å². The standard InChI is InChI=1S/C14H19NO4/c1-9(2)10(3)15-13(17)8-19-14(18)11-5-4-6-12(16)7-11/h4-7,9-10,16H,8H2,1-3H3,(H,15,17)/t10-/m1/s1. The first-order valence-electron chi connectivity index (χ1n) is 6.15. The normalized spacial score (nSPS) is 12.0. The van der Waals surface area contributed by atoms with Crippen LogP contribution in [0.1, 0.15) is 31.1 Å². The van der Waals surface area contributed by atoms with Crippen molar-refractivity contribution in [2.24, 2.45) is 5.92 Å². The molecule has 5 nitrogen and oxygen atoms in total. The maximum atomic E-state index is 11.6. The Hall–Kier alpha value is -2.04. The molecule has 0 bridgehead atoms. The van der Waals surface area contributed by atoms with E-state index in [1.54, 1.807) is 0 Å². The number of hydrogen-bond acceptors (Lipinski definition) is 4. The first kappa shape index (κ1) is 15.0. The molecule has 1 atom stereocenters. The van der Waals surface area contributed by atoms with Crippen LogP contribution in [0.15, 0.2) is 24.3 Å². The molecule has 0 aliphatic carbocycles. The lowest BCUT2D eigenvalue weighted by atomic mass is 10.1. The fourth-order valence-corrected chi connectivity index (χ4v) is 1.31. The Kier molecular flexibility index (Phi) is 5.36. The van der Waals surface area contributed by atoms with Crippen molar-refractivity contribution in [3.05, 3.63) is 29.8 Å². The van der Waals surface area contributed by atoms with Crippen LogP contribution in [0.25, 0.3) is 0 Å². The Morgan fingerprint density at radius 3 is 2.58 bits per heavy atom. The predicted octanol–water partition coefficient (Wildman–Crippen LogP) is 1.71. The second kappa shape index (κ2) is 6.78. The Labute approximate surface area is 112 Å². The summed E-state index contributed by atoms with van der Waals surface area (Å²) < 4.78 is 4.86. The molecule has 0 unspecified atom stereocenters. The van der Waals surface area contributed by atoms with Gasteiger partial charge in [-0.2, -0.15) is 0 Å². The highest BCUT2D eigenvalue weighted by Gasteiger charge is 2.13. The summed E-state index contributed by atoms with van der Waals surface area (Å²) in [6.07, 6.45) is 0. The van der Waals surface area contributed by atoms with Crippen molar-refractivity contribution < 1.29 is 19.4 Å². The van der Waals surface area contributed by atoms with E-state index in [0.29, 0.717) is 5.92 Å². The van der Waals surface area contributed by atoms with Gasteiger partial charge >= 0.3 is 5.97 Å². The zero-order chi connectivity index (χ0) is 14.4. The summed E-state index contributed by atoms with van der Waals surface area (Å²) in [6, 6.07) is 5.81. The quantitative estimate of drug-likeness (QED) is 0.795. The van der Waals surface area contributed by atoms with Gasteiger partial charge < -0.3 is 15.2 Å². The van der Waals surface area contributed by atoms with Gasteiger partial charge in [-0.3, -0.25) is 4.79 Å². The van der Waals surface area contributed by atoms with Crippen LogP contribution in [0.4, 0.5) is 0 Å². The number of ether oxygens (including phenoxy) is 1. The minimum atomic E-state index is -0.636.